The summed E-state index contributed by atoms with van der Waals surface area (Å²) in [5.41, 5.74) is 7.11. The Labute approximate surface area is 122 Å². The molecule has 0 aliphatic carbocycles. The number of hydrogen-bond acceptors (Lipinski definition) is 4. The first-order chi connectivity index (χ1) is 9.72. The summed E-state index contributed by atoms with van der Waals surface area (Å²) in [6.07, 6.45) is 11.0. The van der Waals surface area contributed by atoms with Crippen LogP contribution in [0.3, 0.4) is 0 Å². The fraction of sp³-hybridized carbons (Fsp3) is 0.750. The fourth-order valence-corrected chi connectivity index (χ4v) is 2.89. The topological polar surface area (TPSA) is 55.0 Å². The summed E-state index contributed by atoms with van der Waals surface area (Å²) in [7, 11) is 0. The molecule has 0 spiro atoms. The van der Waals surface area contributed by atoms with Crippen molar-refractivity contribution in [2.24, 2.45) is 11.7 Å². The van der Waals surface area contributed by atoms with Gasteiger partial charge >= 0.3 is 0 Å². The molecule has 4 nitrogen and oxygen atoms in total. The van der Waals surface area contributed by atoms with Gasteiger partial charge in [-0.1, -0.05) is 26.7 Å². The zero-order chi connectivity index (χ0) is 14.4. The van der Waals surface area contributed by atoms with Crippen molar-refractivity contribution in [3.63, 3.8) is 0 Å². The first-order valence-corrected chi connectivity index (χ1v) is 8.04. The molecule has 1 aromatic heterocycles. The Morgan fingerprint density at radius 2 is 1.90 bits per heavy atom. The van der Waals surface area contributed by atoms with Crippen molar-refractivity contribution in [1.82, 2.24) is 9.97 Å². The summed E-state index contributed by atoms with van der Waals surface area (Å²) in [6, 6.07) is 0.217. The van der Waals surface area contributed by atoms with Gasteiger partial charge in [0, 0.05) is 31.5 Å². The second-order valence-electron chi connectivity index (χ2n) is 5.98. The van der Waals surface area contributed by atoms with Gasteiger partial charge in [0.1, 0.15) is 0 Å². The second-order valence-corrected chi connectivity index (χ2v) is 5.98. The van der Waals surface area contributed by atoms with Gasteiger partial charge in [-0.2, -0.15) is 0 Å². The van der Waals surface area contributed by atoms with E-state index in [-0.39, 0.29) is 6.04 Å². The Balaban J connectivity index is 1.87. The maximum Gasteiger partial charge on any atom is 0.225 e. The van der Waals surface area contributed by atoms with Gasteiger partial charge in [0.15, 0.2) is 0 Å². The predicted molar refractivity (Wildman–Crippen MR) is 83.8 cm³/mol. The first kappa shape index (κ1) is 15.2. The molecule has 0 saturated carbocycles. The number of rotatable bonds is 6. The van der Waals surface area contributed by atoms with Crippen LogP contribution in [-0.2, 0) is 6.42 Å². The molecule has 1 unspecified atom stereocenters. The highest BCUT2D eigenvalue weighted by molar-refractivity contribution is 5.30. The highest BCUT2D eigenvalue weighted by Crippen LogP contribution is 2.23. The SMILES string of the molecule is CCCC1CCN(c2ncc(CC(N)CC)cn2)CC1. The third kappa shape index (κ3) is 4.17. The van der Waals surface area contributed by atoms with Crippen LogP contribution in [-0.4, -0.2) is 29.1 Å². The first-order valence-electron chi connectivity index (χ1n) is 8.04. The summed E-state index contributed by atoms with van der Waals surface area (Å²) in [4.78, 5) is 11.4. The molecule has 0 aromatic carbocycles. The Morgan fingerprint density at radius 3 is 2.45 bits per heavy atom. The third-order valence-electron chi connectivity index (χ3n) is 4.31. The van der Waals surface area contributed by atoms with Crippen LogP contribution in [0.2, 0.25) is 0 Å². The lowest BCUT2D eigenvalue weighted by molar-refractivity contribution is 0.376. The van der Waals surface area contributed by atoms with Crippen LogP contribution in [0.5, 0.6) is 0 Å². The minimum Gasteiger partial charge on any atom is -0.341 e. The molecule has 1 atom stereocenters. The zero-order valence-electron chi connectivity index (χ0n) is 12.9. The van der Waals surface area contributed by atoms with Gasteiger partial charge in [-0.15, -0.1) is 0 Å². The van der Waals surface area contributed by atoms with Gasteiger partial charge in [-0.25, -0.2) is 9.97 Å². The predicted octanol–water partition coefficient (Wildman–Crippen LogP) is 2.77. The minimum atomic E-state index is 0.217. The van der Waals surface area contributed by atoms with Crippen molar-refractivity contribution < 1.29 is 0 Å². The van der Waals surface area contributed by atoms with Gasteiger partial charge in [-0.05, 0) is 37.2 Å². The van der Waals surface area contributed by atoms with Crippen molar-refractivity contribution in [2.45, 2.75) is 58.4 Å². The highest BCUT2D eigenvalue weighted by Gasteiger charge is 2.20. The Kier molecular flexibility index (Phi) is 5.77. The lowest BCUT2D eigenvalue weighted by Gasteiger charge is -2.31. The van der Waals surface area contributed by atoms with Crippen LogP contribution in [0.25, 0.3) is 0 Å². The molecule has 0 amide bonds. The molecule has 0 radical (unpaired) electrons. The number of aromatic nitrogens is 2. The number of hydrogen-bond donors (Lipinski definition) is 1. The van der Waals surface area contributed by atoms with E-state index in [9.17, 15) is 0 Å². The molecular weight excluding hydrogens is 248 g/mol. The molecule has 2 heterocycles. The van der Waals surface area contributed by atoms with Crippen molar-refractivity contribution >= 4 is 5.95 Å². The Morgan fingerprint density at radius 1 is 1.25 bits per heavy atom. The fourth-order valence-electron chi connectivity index (χ4n) is 2.89. The molecule has 0 bridgehead atoms. The summed E-state index contributed by atoms with van der Waals surface area (Å²) in [6.45, 7) is 6.58. The molecule has 1 fully saturated rings. The van der Waals surface area contributed by atoms with Gasteiger partial charge < -0.3 is 10.6 Å². The average molecular weight is 276 g/mol. The van der Waals surface area contributed by atoms with E-state index in [2.05, 4.69) is 28.7 Å². The second kappa shape index (κ2) is 7.58. The maximum atomic E-state index is 5.96. The van der Waals surface area contributed by atoms with E-state index < -0.39 is 0 Å². The lowest BCUT2D eigenvalue weighted by Crippen LogP contribution is -2.34. The summed E-state index contributed by atoms with van der Waals surface area (Å²) in [5, 5.41) is 0. The lowest BCUT2D eigenvalue weighted by atomic mass is 9.93. The number of anilines is 1. The number of nitrogens with two attached hydrogens (primary N) is 1. The minimum absolute atomic E-state index is 0.217. The van der Waals surface area contributed by atoms with E-state index >= 15 is 0 Å². The van der Waals surface area contributed by atoms with Crippen molar-refractivity contribution in [2.75, 3.05) is 18.0 Å². The highest BCUT2D eigenvalue weighted by atomic mass is 15.2. The van der Waals surface area contributed by atoms with Crippen molar-refractivity contribution in [3.05, 3.63) is 18.0 Å². The average Bonchev–Trinajstić information content (AvgIpc) is 2.49. The summed E-state index contributed by atoms with van der Waals surface area (Å²) < 4.78 is 0. The quantitative estimate of drug-likeness (QED) is 0.868. The Hall–Kier alpha value is -1.16. The Bertz CT molecular complexity index is 382. The monoisotopic (exact) mass is 276 g/mol. The molecular formula is C16H28N4. The number of piperidine rings is 1. The van der Waals surface area contributed by atoms with Crippen LogP contribution in [0, 0.1) is 5.92 Å². The molecule has 2 N–H and O–H groups in total. The van der Waals surface area contributed by atoms with E-state index in [1.54, 1.807) is 0 Å². The van der Waals surface area contributed by atoms with E-state index in [0.29, 0.717) is 0 Å². The van der Waals surface area contributed by atoms with E-state index in [0.717, 1.165) is 43.4 Å². The standard InChI is InChI=1S/C16H28N4/c1-3-5-13-6-8-20(9-7-13)16-18-11-14(12-19-16)10-15(17)4-2/h11-13,15H,3-10,17H2,1-2H3. The van der Waals surface area contributed by atoms with Gasteiger partial charge in [0.05, 0.1) is 0 Å². The molecule has 2 rings (SSSR count). The molecule has 1 saturated heterocycles. The van der Waals surface area contributed by atoms with Gasteiger partial charge in [0.2, 0.25) is 5.95 Å². The van der Waals surface area contributed by atoms with Crippen LogP contribution >= 0.6 is 0 Å². The van der Waals surface area contributed by atoms with Crippen molar-refractivity contribution in [3.8, 4) is 0 Å². The normalized spacial score (nSPS) is 18.2. The van der Waals surface area contributed by atoms with Crippen molar-refractivity contribution in [1.29, 1.82) is 0 Å². The largest absolute Gasteiger partial charge is 0.341 e. The molecule has 1 aliphatic heterocycles. The van der Waals surface area contributed by atoms with Crippen LogP contribution in [0.4, 0.5) is 5.95 Å². The molecule has 112 valence electrons. The van der Waals surface area contributed by atoms with E-state index in [4.69, 9.17) is 5.73 Å². The molecule has 4 heteroatoms. The molecule has 20 heavy (non-hydrogen) atoms. The van der Waals surface area contributed by atoms with E-state index in [1.165, 1.54) is 25.7 Å². The summed E-state index contributed by atoms with van der Waals surface area (Å²) in [5.74, 6) is 1.78. The summed E-state index contributed by atoms with van der Waals surface area (Å²) >= 11 is 0. The van der Waals surface area contributed by atoms with Gasteiger partial charge in [-0.3, -0.25) is 0 Å². The van der Waals surface area contributed by atoms with Gasteiger partial charge in [0.25, 0.3) is 0 Å². The van der Waals surface area contributed by atoms with Crippen LogP contribution in [0.1, 0.15) is 51.5 Å². The number of nitrogens with zero attached hydrogens (tertiary/aromatic N) is 3. The van der Waals surface area contributed by atoms with Crippen LogP contribution < -0.4 is 10.6 Å². The zero-order valence-corrected chi connectivity index (χ0v) is 12.9. The van der Waals surface area contributed by atoms with E-state index in [1.807, 2.05) is 12.4 Å². The smallest absolute Gasteiger partial charge is 0.225 e. The maximum absolute atomic E-state index is 5.96. The van der Waals surface area contributed by atoms with Crippen LogP contribution in [0.15, 0.2) is 12.4 Å². The molecule has 1 aliphatic rings. The molecule has 1 aromatic rings. The third-order valence-corrected chi connectivity index (χ3v) is 4.31.